The van der Waals surface area contributed by atoms with E-state index in [1.54, 1.807) is 12.1 Å². The molecule has 2 atom stereocenters. The van der Waals surface area contributed by atoms with E-state index < -0.39 is 42.5 Å². The molecular weight excluding hydrogens is 561 g/mol. The fourth-order valence-electron chi connectivity index (χ4n) is 4.68. The molecule has 2 unspecified atom stereocenters. The average Bonchev–Trinajstić information content (AvgIpc) is 3.30. The summed E-state index contributed by atoms with van der Waals surface area (Å²) in [7, 11) is -6.30. The molecule has 1 spiro atoms. The molecule has 10 nitrogen and oxygen atoms in total. The normalized spacial score (nSPS) is 21.0. The highest BCUT2D eigenvalue weighted by Gasteiger charge is 2.45. The van der Waals surface area contributed by atoms with Gasteiger partial charge in [0.05, 0.1) is 22.1 Å². The maximum Gasteiger partial charge on any atom is 0.246 e. The fraction of sp³-hybridized carbons (Fsp3) is 0.500. The molecule has 38 heavy (non-hydrogen) atoms. The third-order valence-electron chi connectivity index (χ3n) is 6.85. The van der Waals surface area contributed by atoms with Gasteiger partial charge in [0.2, 0.25) is 20.0 Å². The second kappa shape index (κ2) is 11.7. The first kappa shape index (κ1) is 29.2. The molecule has 0 radical (unpaired) electrons. The SMILES string of the molecule is CNS(=O)(=O)c1cccc(OCC(O)CNC2COC3(CCN(S(=O)(=O)c4cccc(Cl)c4F)CC3)C2)c1. The molecule has 2 heterocycles. The predicted octanol–water partition coefficient (Wildman–Crippen LogP) is 1.73. The zero-order chi connectivity index (χ0) is 27.6. The van der Waals surface area contributed by atoms with Gasteiger partial charge in [0.15, 0.2) is 5.82 Å². The number of piperidine rings is 1. The lowest BCUT2D eigenvalue weighted by Gasteiger charge is -2.38. The molecule has 0 amide bonds. The molecular formula is C24H31ClFN3O7S2. The lowest BCUT2D eigenvalue weighted by atomic mass is 9.88. The molecule has 0 aromatic heterocycles. The Morgan fingerprint density at radius 1 is 1.21 bits per heavy atom. The highest BCUT2D eigenvalue weighted by molar-refractivity contribution is 7.89. The summed E-state index contributed by atoms with van der Waals surface area (Å²) in [5, 5.41) is 13.4. The molecule has 2 fully saturated rings. The number of rotatable bonds is 10. The molecule has 0 saturated carbocycles. The van der Waals surface area contributed by atoms with Crippen LogP contribution in [0.25, 0.3) is 0 Å². The van der Waals surface area contributed by atoms with Gasteiger partial charge in [-0.1, -0.05) is 23.7 Å². The molecule has 2 aliphatic rings. The Morgan fingerprint density at radius 2 is 1.92 bits per heavy atom. The number of ether oxygens (including phenoxy) is 2. The Morgan fingerprint density at radius 3 is 2.63 bits per heavy atom. The van der Waals surface area contributed by atoms with Crippen LogP contribution in [0.1, 0.15) is 19.3 Å². The van der Waals surface area contributed by atoms with Gasteiger partial charge >= 0.3 is 0 Å². The Labute approximate surface area is 227 Å². The van der Waals surface area contributed by atoms with Crippen LogP contribution in [-0.4, -0.2) is 83.9 Å². The van der Waals surface area contributed by atoms with Crippen molar-refractivity contribution in [2.75, 3.05) is 39.9 Å². The van der Waals surface area contributed by atoms with Gasteiger partial charge in [-0.3, -0.25) is 0 Å². The summed E-state index contributed by atoms with van der Waals surface area (Å²) in [4.78, 5) is -0.366. The number of nitrogens with one attached hydrogen (secondary N) is 2. The molecule has 2 aliphatic heterocycles. The van der Waals surface area contributed by atoms with E-state index in [0.29, 0.717) is 31.6 Å². The average molecular weight is 592 g/mol. The van der Waals surface area contributed by atoms with Crippen molar-refractivity contribution in [2.45, 2.75) is 46.8 Å². The summed E-state index contributed by atoms with van der Waals surface area (Å²) >= 11 is 5.77. The maximum atomic E-state index is 14.4. The maximum absolute atomic E-state index is 14.4. The van der Waals surface area contributed by atoms with E-state index in [1.165, 1.54) is 41.7 Å². The number of aliphatic hydroxyl groups excluding tert-OH is 1. The van der Waals surface area contributed by atoms with Gasteiger partial charge in [-0.05, 0) is 50.6 Å². The first-order valence-electron chi connectivity index (χ1n) is 12.1. The van der Waals surface area contributed by atoms with E-state index in [2.05, 4.69) is 10.0 Å². The first-order chi connectivity index (χ1) is 18.0. The van der Waals surface area contributed by atoms with Crippen LogP contribution in [0.3, 0.4) is 0 Å². The highest BCUT2D eigenvalue weighted by Crippen LogP contribution is 2.38. The van der Waals surface area contributed by atoms with Gasteiger partial charge in [0, 0.05) is 31.7 Å². The standard InChI is InChI=1S/C24H31ClFN3O7S2/c1-27-37(31,32)20-5-2-4-19(12-20)35-16-18(30)14-28-17-13-24(36-15-17)8-10-29(11-9-24)38(33,34)22-7-3-6-21(25)23(22)26/h2-7,12,17-18,27-28,30H,8-11,13-16H2,1H3. The molecule has 3 N–H and O–H groups in total. The van der Waals surface area contributed by atoms with Gasteiger partial charge in [-0.15, -0.1) is 0 Å². The smallest absolute Gasteiger partial charge is 0.246 e. The van der Waals surface area contributed by atoms with E-state index in [0.717, 1.165) is 0 Å². The quantitative estimate of drug-likeness (QED) is 0.380. The van der Waals surface area contributed by atoms with Crippen molar-refractivity contribution in [3.8, 4) is 5.75 Å². The van der Waals surface area contributed by atoms with Crippen molar-refractivity contribution in [2.24, 2.45) is 0 Å². The lowest BCUT2D eigenvalue weighted by molar-refractivity contribution is -0.0312. The summed E-state index contributed by atoms with van der Waals surface area (Å²) in [5.41, 5.74) is -0.489. The highest BCUT2D eigenvalue weighted by atomic mass is 35.5. The zero-order valence-electron chi connectivity index (χ0n) is 20.8. The third kappa shape index (κ3) is 6.48. The van der Waals surface area contributed by atoms with E-state index in [9.17, 15) is 26.3 Å². The number of nitrogens with zero attached hydrogens (tertiary/aromatic N) is 1. The van der Waals surface area contributed by atoms with E-state index in [1.807, 2.05) is 0 Å². The summed E-state index contributed by atoms with van der Waals surface area (Å²) in [6.07, 6.45) is 0.716. The minimum Gasteiger partial charge on any atom is -0.491 e. The summed E-state index contributed by atoms with van der Waals surface area (Å²) in [5.74, 6) is -0.628. The van der Waals surface area contributed by atoms with Crippen LogP contribution in [0, 0.1) is 5.82 Å². The van der Waals surface area contributed by atoms with E-state index in [-0.39, 0.29) is 42.2 Å². The van der Waals surface area contributed by atoms with Crippen LogP contribution in [0.2, 0.25) is 5.02 Å². The Kier molecular flexibility index (Phi) is 8.99. The molecule has 210 valence electrons. The zero-order valence-corrected chi connectivity index (χ0v) is 23.2. The number of aliphatic hydroxyl groups is 1. The summed E-state index contributed by atoms with van der Waals surface area (Å²) in [6, 6.07) is 9.88. The van der Waals surface area contributed by atoms with E-state index in [4.69, 9.17) is 21.1 Å². The monoisotopic (exact) mass is 591 g/mol. The van der Waals surface area contributed by atoms with Gasteiger partial charge < -0.3 is 19.9 Å². The number of sulfonamides is 2. The van der Waals surface area contributed by atoms with Crippen molar-refractivity contribution in [1.29, 1.82) is 0 Å². The van der Waals surface area contributed by atoms with Crippen LogP contribution in [0.5, 0.6) is 5.75 Å². The molecule has 2 aromatic carbocycles. The van der Waals surface area contributed by atoms with Gasteiger partial charge in [0.1, 0.15) is 23.4 Å². The van der Waals surface area contributed by atoms with Crippen LogP contribution in [0.4, 0.5) is 4.39 Å². The molecule has 14 heteroatoms. The van der Waals surface area contributed by atoms with Crippen LogP contribution < -0.4 is 14.8 Å². The van der Waals surface area contributed by atoms with Gasteiger partial charge in [-0.25, -0.2) is 25.9 Å². The topological polar surface area (TPSA) is 134 Å². The van der Waals surface area contributed by atoms with Crippen LogP contribution >= 0.6 is 11.6 Å². The number of halogens is 2. The van der Waals surface area contributed by atoms with Crippen molar-refractivity contribution in [3.05, 3.63) is 53.3 Å². The van der Waals surface area contributed by atoms with Crippen LogP contribution in [-0.2, 0) is 24.8 Å². The second-order valence-corrected chi connectivity index (χ2v) is 13.6. The summed E-state index contributed by atoms with van der Waals surface area (Å²) < 4.78 is 79.3. The second-order valence-electron chi connectivity index (χ2n) is 9.41. The summed E-state index contributed by atoms with van der Waals surface area (Å²) in [6.45, 7) is 0.988. The van der Waals surface area contributed by atoms with Gasteiger partial charge in [0.25, 0.3) is 0 Å². The fourth-order valence-corrected chi connectivity index (χ4v) is 7.21. The van der Waals surface area contributed by atoms with Crippen LogP contribution in [0.15, 0.2) is 52.3 Å². The minimum absolute atomic E-state index is 0.0396. The number of hydrogen-bond acceptors (Lipinski definition) is 8. The third-order valence-corrected chi connectivity index (χ3v) is 10.5. The first-order valence-corrected chi connectivity index (χ1v) is 15.4. The van der Waals surface area contributed by atoms with Crippen molar-refractivity contribution < 1.29 is 35.8 Å². The largest absolute Gasteiger partial charge is 0.491 e. The van der Waals surface area contributed by atoms with Gasteiger partial charge in [-0.2, -0.15) is 4.31 Å². The Balaban J connectivity index is 1.24. The van der Waals surface area contributed by atoms with Crippen molar-refractivity contribution >= 4 is 31.6 Å². The molecule has 0 bridgehead atoms. The van der Waals surface area contributed by atoms with E-state index >= 15 is 0 Å². The van der Waals surface area contributed by atoms with Crippen molar-refractivity contribution in [1.82, 2.24) is 14.3 Å². The van der Waals surface area contributed by atoms with Crippen molar-refractivity contribution in [3.63, 3.8) is 0 Å². The molecule has 4 rings (SSSR count). The minimum atomic E-state index is -4.02. The number of hydrogen-bond donors (Lipinski definition) is 3. The molecule has 2 saturated heterocycles. The number of benzene rings is 2. The molecule has 0 aliphatic carbocycles. The predicted molar refractivity (Wildman–Crippen MR) is 139 cm³/mol. The molecule has 2 aromatic rings. The Hall–Kier alpha value is -1.84. The lowest BCUT2D eigenvalue weighted by Crippen LogP contribution is -2.47. The Bertz CT molecular complexity index is 1350.